The molecule has 0 unspecified atom stereocenters. The third-order valence-corrected chi connectivity index (χ3v) is 6.54. The molecule has 188 valence electrons. The van der Waals surface area contributed by atoms with Crippen LogP contribution in [0.2, 0.25) is 0 Å². The summed E-state index contributed by atoms with van der Waals surface area (Å²) in [6.45, 7) is -1.31. The van der Waals surface area contributed by atoms with Crippen LogP contribution in [0.3, 0.4) is 0 Å². The zero-order chi connectivity index (χ0) is 26.0. The quantitative estimate of drug-likeness (QED) is 0.449. The normalized spacial score (nSPS) is 15.4. The molecule has 0 fully saturated rings. The molecule has 0 radical (unpaired) electrons. The molecule has 2 heterocycles. The Hall–Kier alpha value is -3.99. The fourth-order valence-corrected chi connectivity index (χ4v) is 4.96. The number of rotatable bonds is 7. The summed E-state index contributed by atoms with van der Waals surface area (Å²) in [5.41, 5.74) is 1.51. The van der Waals surface area contributed by atoms with E-state index in [1.165, 1.54) is 37.0 Å². The number of nitrogens with zero attached hydrogens (tertiary/aromatic N) is 2. The molecule has 0 bridgehead atoms. The number of carbonyl (C=O) groups is 1. The van der Waals surface area contributed by atoms with Gasteiger partial charge in [-0.3, -0.25) is 9.36 Å². The zero-order valence-corrected chi connectivity index (χ0v) is 20.6. The van der Waals surface area contributed by atoms with Gasteiger partial charge in [0, 0.05) is 0 Å². The first-order valence-corrected chi connectivity index (χ1v) is 11.5. The van der Waals surface area contributed by atoms with Gasteiger partial charge in [0.25, 0.3) is 5.56 Å². The molecule has 0 saturated carbocycles. The smallest absolute Gasteiger partial charge is 0.387 e. The highest BCUT2D eigenvalue weighted by molar-refractivity contribution is 7.07. The van der Waals surface area contributed by atoms with Crippen LogP contribution in [0, 0.1) is 0 Å². The number of hydrogen-bond acceptors (Lipinski definition) is 8. The number of carbonyl (C=O) groups excluding carboxylic acids is 1. The first kappa shape index (κ1) is 25.1. The molecule has 0 spiro atoms. The van der Waals surface area contributed by atoms with E-state index in [-0.39, 0.29) is 22.6 Å². The standard InChI is InChI=1S/C25H22F2N2O6S/c1-13-20(23(31)34-4)21(15-6-8-16(32-2)9-7-15)29-22(30)19(36-25(29)28-13)12-14-5-10-17(35-24(26)27)18(11-14)33-3/h5-12,21,24H,1-4H3/b19-12+/t21-/m0/s1. The number of aromatic nitrogens is 1. The van der Waals surface area contributed by atoms with Crippen molar-refractivity contribution in [2.45, 2.75) is 19.6 Å². The lowest BCUT2D eigenvalue weighted by atomic mass is 9.96. The minimum absolute atomic E-state index is 0.0942. The molecule has 0 aliphatic carbocycles. The lowest BCUT2D eigenvalue weighted by molar-refractivity contribution is -0.136. The predicted octanol–water partition coefficient (Wildman–Crippen LogP) is 3.03. The van der Waals surface area contributed by atoms with Crippen LogP contribution in [0.1, 0.15) is 24.1 Å². The van der Waals surface area contributed by atoms with Crippen molar-refractivity contribution in [3.63, 3.8) is 0 Å². The van der Waals surface area contributed by atoms with Gasteiger partial charge in [0.2, 0.25) is 0 Å². The predicted molar refractivity (Wildman–Crippen MR) is 128 cm³/mol. The molecule has 11 heteroatoms. The zero-order valence-electron chi connectivity index (χ0n) is 19.8. The van der Waals surface area contributed by atoms with E-state index in [2.05, 4.69) is 9.73 Å². The Morgan fingerprint density at radius 2 is 1.81 bits per heavy atom. The van der Waals surface area contributed by atoms with Crippen LogP contribution < -0.4 is 29.1 Å². The van der Waals surface area contributed by atoms with E-state index < -0.39 is 18.6 Å². The molecular formula is C25H22F2N2O6S. The highest BCUT2D eigenvalue weighted by Gasteiger charge is 2.33. The van der Waals surface area contributed by atoms with Crippen molar-refractivity contribution in [2.24, 2.45) is 4.99 Å². The highest BCUT2D eigenvalue weighted by atomic mass is 32.1. The average molecular weight is 517 g/mol. The highest BCUT2D eigenvalue weighted by Crippen LogP contribution is 2.32. The van der Waals surface area contributed by atoms with Crippen LogP contribution in [0.5, 0.6) is 17.2 Å². The number of thiazole rings is 1. The molecule has 1 aromatic heterocycles. The second-order valence-electron chi connectivity index (χ2n) is 7.64. The number of ether oxygens (including phenoxy) is 4. The Balaban J connectivity index is 1.88. The molecule has 0 saturated heterocycles. The van der Waals surface area contributed by atoms with E-state index in [0.29, 0.717) is 31.9 Å². The minimum Gasteiger partial charge on any atom is -0.497 e. The van der Waals surface area contributed by atoms with Gasteiger partial charge in [0.1, 0.15) is 5.75 Å². The second kappa shape index (κ2) is 10.3. The van der Waals surface area contributed by atoms with E-state index >= 15 is 0 Å². The van der Waals surface area contributed by atoms with Crippen molar-refractivity contribution in [1.29, 1.82) is 0 Å². The Labute approximate surface area is 208 Å². The van der Waals surface area contributed by atoms with E-state index in [9.17, 15) is 18.4 Å². The average Bonchev–Trinajstić information content (AvgIpc) is 3.17. The van der Waals surface area contributed by atoms with E-state index in [0.717, 1.165) is 11.3 Å². The molecular weight excluding hydrogens is 494 g/mol. The maximum absolute atomic E-state index is 13.6. The van der Waals surface area contributed by atoms with Crippen molar-refractivity contribution < 1.29 is 32.5 Å². The summed E-state index contributed by atoms with van der Waals surface area (Å²) in [6, 6.07) is 10.6. The van der Waals surface area contributed by atoms with Crippen molar-refractivity contribution in [3.8, 4) is 17.2 Å². The molecule has 36 heavy (non-hydrogen) atoms. The SMILES string of the molecule is COC(=O)C1=C(C)N=c2s/c(=C/c3ccc(OC(F)F)c(OC)c3)c(=O)n2[C@H]1c1ccc(OC)cc1. The molecule has 1 aliphatic rings. The number of alkyl halides is 2. The monoisotopic (exact) mass is 516 g/mol. The summed E-state index contributed by atoms with van der Waals surface area (Å²) in [7, 11) is 4.15. The van der Waals surface area contributed by atoms with Gasteiger partial charge in [-0.15, -0.1) is 0 Å². The van der Waals surface area contributed by atoms with Crippen LogP contribution in [-0.4, -0.2) is 38.5 Å². The van der Waals surface area contributed by atoms with Gasteiger partial charge in [-0.05, 0) is 48.4 Å². The molecule has 0 N–H and O–H groups in total. The first-order chi connectivity index (χ1) is 17.3. The van der Waals surface area contributed by atoms with Crippen LogP contribution >= 0.6 is 11.3 Å². The Morgan fingerprint density at radius 3 is 2.42 bits per heavy atom. The lowest BCUT2D eigenvalue weighted by Crippen LogP contribution is -2.39. The van der Waals surface area contributed by atoms with Gasteiger partial charge in [-0.25, -0.2) is 9.79 Å². The van der Waals surface area contributed by atoms with Gasteiger partial charge >= 0.3 is 12.6 Å². The third kappa shape index (κ3) is 4.74. The molecule has 1 aliphatic heterocycles. The summed E-state index contributed by atoms with van der Waals surface area (Å²) < 4.78 is 46.9. The summed E-state index contributed by atoms with van der Waals surface area (Å²) >= 11 is 1.14. The van der Waals surface area contributed by atoms with Gasteiger partial charge in [-0.2, -0.15) is 8.78 Å². The number of benzene rings is 2. The van der Waals surface area contributed by atoms with Gasteiger partial charge in [0.05, 0.1) is 43.2 Å². The second-order valence-corrected chi connectivity index (χ2v) is 8.64. The maximum Gasteiger partial charge on any atom is 0.387 e. The summed E-state index contributed by atoms with van der Waals surface area (Å²) in [5.74, 6) is 0.00566. The molecule has 2 aromatic carbocycles. The largest absolute Gasteiger partial charge is 0.497 e. The Morgan fingerprint density at radius 1 is 1.08 bits per heavy atom. The summed E-state index contributed by atoms with van der Waals surface area (Å²) in [5, 5.41) is 0. The number of allylic oxidation sites excluding steroid dienone is 1. The topological polar surface area (TPSA) is 88.4 Å². The van der Waals surface area contributed by atoms with E-state index in [1.54, 1.807) is 44.4 Å². The van der Waals surface area contributed by atoms with Crippen molar-refractivity contribution in [1.82, 2.24) is 4.57 Å². The van der Waals surface area contributed by atoms with Crippen LogP contribution in [-0.2, 0) is 9.53 Å². The number of hydrogen-bond donors (Lipinski definition) is 0. The number of esters is 1. The fraction of sp³-hybridized carbons (Fsp3) is 0.240. The Bertz CT molecular complexity index is 1510. The van der Waals surface area contributed by atoms with Crippen molar-refractivity contribution >= 4 is 23.4 Å². The lowest BCUT2D eigenvalue weighted by Gasteiger charge is -2.24. The molecule has 3 aromatic rings. The van der Waals surface area contributed by atoms with Gasteiger partial charge in [-0.1, -0.05) is 29.5 Å². The summed E-state index contributed by atoms with van der Waals surface area (Å²) in [4.78, 5) is 31.2. The minimum atomic E-state index is -3.00. The van der Waals surface area contributed by atoms with Crippen molar-refractivity contribution in [3.05, 3.63) is 84.5 Å². The Kier molecular flexibility index (Phi) is 7.20. The molecule has 4 rings (SSSR count). The third-order valence-electron chi connectivity index (χ3n) is 5.56. The first-order valence-electron chi connectivity index (χ1n) is 10.6. The molecule has 8 nitrogen and oxygen atoms in total. The molecule has 0 amide bonds. The van der Waals surface area contributed by atoms with Crippen LogP contribution in [0.4, 0.5) is 8.78 Å². The molecule has 1 atom stereocenters. The number of halogens is 2. The van der Waals surface area contributed by atoms with Crippen LogP contribution in [0.15, 0.2) is 63.5 Å². The number of fused-ring (bicyclic) bond motifs is 1. The maximum atomic E-state index is 13.6. The van der Waals surface area contributed by atoms with E-state index in [4.69, 9.17) is 14.2 Å². The van der Waals surface area contributed by atoms with Crippen LogP contribution in [0.25, 0.3) is 6.08 Å². The van der Waals surface area contributed by atoms with E-state index in [1.807, 2.05) is 0 Å². The van der Waals surface area contributed by atoms with Crippen molar-refractivity contribution in [2.75, 3.05) is 21.3 Å². The van der Waals surface area contributed by atoms with Gasteiger partial charge in [0.15, 0.2) is 16.3 Å². The number of methoxy groups -OCH3 is 3. The summed E-state index contributed by atoms with van der Waals surface area (Å²) in [6.07, 6.45) is 1.60. The fourth-order valence-electron chi connectivity index (χ4n) is 3.91. The van der Waals surface area contributed by atoms with Gasteiger partial charge < -0.3 is 18.9 Å².